The van der Waals surface area contributed by atoms with E-state index in [0.29, 0.717) is 6.42 Å². The fourth-order valence-electron chi connectivity index (χ4n) is 2.06. The quantitative estimate of drug-likeness (QED) is 0.505. The number of rotatable bonds is 7. The van der Waals surface area contributed by atoms with E-state index < -0.39 is 34.4 Å². The van der Waals surface area contributed by atoms with Crippen molar-refractivity contribution in [3.8, 4) is 22.6 Å². The van der Waals surface area contributed by atoms with Gasteiger partial charge in [0.1, 0.15) is 6.61 Å². The van der Waals surface area contributed by atoms with Crippen molar-refractivity contribution in [2.24, 2.45) is 0 Å². The molecule has 0 N–H and O–H groups in total. The summed E-state index contributed by atoms with van der Waals surface area (Å²) in [6.45, 7) is 5.42. The van der Waals surface area contributed by atoms with Crippen LogP contribution in [0, 0.1) is 23.3 Å². The van der Waals surface area contributed by atoms with Gasteiger partial charge in [0.25, 0.3) is 0 Å². The fourth-order valence-corrected chi connectivity index (χ4v) is 2.06. The molecule has 0 amide bonds. The van der Waals surface area contributed by atoms with Gasteiger partial charge in [0, 0.05) is 11.1 Å². The van der Waals surface area contributed by atoms with E-state index in [1.54, 1.807) is 0 Å². The van der Waals surface area contributed by atoms with Crippen molar-refractivity contribution in [2.45, 2.75) is 13.3 Å². The van der Waals surface area contributed by atoms with Crippen molar-refractivity contribution in [1.82, 2.24) is 0 Å². The number of halogens is 4. The van der Waals surface area contributed by atoms with Gasteiger partial charge in [0.2, 0.25) is 11.6 Å². The van der Waals surface area contributed by atoms with Gasteiger partial charge in [-0.05, 0) is 30.7 Å². The first-order chi connectivity index (χ1) is 11.5. The third kappa shape index (κ3) is 3.53. The SMILES string of the molecule is C=CCOc1ccc(-c2ccc(OCCC)c(F)c2F)c(F)c1F. The highest BCUT2D eigenvalue weighted by atomic mass is 19.2. The third-order valence-corrected chi connectivity index (χ3v) is 3.20. The van der Waals surface area contributed by atoms with Crippen LogP contribution in [0.25, 0.3) is 11.1 Å². The smallest absolute Gasteiger partial charge is 0.201 e. The van der Waals surface area contributed by atoms with E-state index in [4.69, 9.17) is 9.47 Å². The van der Waals surface area contributed by atoms with Crippen molar-refractivity contribution in [3.63, 3.8) is 0 Å². The highest BCUT2D eigenvalue weighted by Crippen LogP contribution is 2.34. The Kier molecular flexibility index (Phi) is 5.84. The molecule has 0 fully saturated rings. The Hall–Kier alpha value is -2.50. The first-order valence-electron chi connectivity index (χ1n) is 7.34. The average Bonchev–Trinajstić information content (AvgIpc) is 2.58. The van der Waals surface area contributed by atoms with Crippen LogP contribution < -0.4 is 9.47 Å². The van der Waals surface area contributed by atoms with Gasteiger partial charge in [0.05, 0.1) is 6.61 Å². The van der Waals surface area contributed by atoms with Crippen LogP contribution in [0.4, 0.5) is 17.6 Å². The summed E-state index contributed by atoms with van der Waals surface area (Å²) < 4.78 is 66.4. The van der Waals surface area contributed by atoms with Crippen molar-refractivity contribution < 1.29 is 27.0 Å². The maximum atomic E-state index is 14.2. The van der Waals surface area contributed by atoms with Gasteiger partial charge in [-0.25, -0.2) is 8.78 Å². The van der Waals surface area contributed by atoms with Crippen LogP contribution in [0.2, 0.25) is 0 Å². The molecule has 2 rings (SSSR count). The topological polar surface area (TPSA) is 18.5 Å². The van der Waals surface area contributed by atoms with Crippen molar-refractivity contribution in [2.75, 3.05) is 13.2 Å². The minimum Gasteiger partial charge on any atom is -0.490 e. The van der Waals surface area contributed by atoms with Gasteiger partial charge in [-0.15, -0.1) is 0 Å². The molecule has 0 heterocycles. The van der Waals surface area contributed by atoms with Gasteiger partial charge in [0.15, 0.2) is 23.1 Å². The van der Waals surface area contributed by atoms with Crippen LogP contribution in [-0.2, 0) is 0 Å². The number of ether oxygens (including phenoxy) is 2. The van der Waals surface area contributed by atoms with E-state index >= 15 is 0 Å². The standard InChI is InChI=1S/C18H16F4O2/c1-3-9-23-13-7-5-11(15(19)17(13)21)12-6-8-14(24-10-4-2)18(22)16(12)20/h3,5-8H,1,4,9-10H2,2H3. The second-order valence-electron chi connectivity index (χ2n) is 4.93. The number of benzene rings is 2. The van der Waals surface area contributed by atoms with Crippen LogP contribution in [0.1, 0.15) is 13.3 Å². The molecule has 0 aliphatic carbocycles. The Morgan fingerprint density at radius 2 is 1.33 bits per heavy atom. The molecular weight excluding hydrogens is 324 g/mol. The monoisotopic (exact) mass is 340 g/mol. The number of hydrogen-bond acceptors (Lipinski definition) is 2. The van der Waals surface area contributed by atoms with Crippen molar-refractivity contribution in [3.05, 3.63) is 60.2 Å². The Bertz CT molecular complexity index is 744. The minimum absolute atomic E-state index is 0.0117. The Morgan fingerprint density at radius 3 is 1.79 bits per heavy atom. The maximum absolute atomic E-state index is 14.2. The van der Waals surface area contributed by atoms with E-state index in [-0.39, 0.29) is 24.7 Å². The van der Waals surface area contributed by atoms with Gasteiger partial charge in [-0.2, -0.15) is 8.78 Å². The molecule has 0 unspecified atom stereocenters. The van der Waals surface area contributed by atoms with Gasteiger partial charge in [-0.1, -0.05) is 19.6 Å². The lowest BCUT2D eigenvalue weighted by Gasteiger charge is -2.12. The summed E-state index contributed by atoms with van der Waals surface area (Å²) in [4.78, 5) is 0. The zero-order chi connectivity index (χ0) is 17.7. The van der Waals surface area contributed by atoms with E-state index in [9.17, 15) is 17.6 Å². The van der Waals surface area contributed by atoms with Gasteiger partial charge < -0.3 is 9.47 Å². The zero-order valence-corrected chi connectivity index (χ0v) is 13.0. The molecule has 0 atom stereocenters. The first kappa shape index (κ1) is 17.8. The summed E-state index contributed by atoms with van der Waals surface area (Å²) in [7, 11) is 0. The normalized spacial score (nSPS) is 10.5. The van der Waals surface area contributed by atoms with E-state index in [1.807, 2.05) is 6.92 Å². The van der Waals surface area contributed by atoms with Gasteiger partial charge >= 0.3 is 0 Å². The largest absolute Gasteiger partial charge is 0.490 e. The van der Waals surface area contributed by atoms with Crippen LogP contribution in [0.15, 0.2) is 36.9 Å². The zero-order valence-electron chi connectivity index (χ0n) is 13.0. The summed E-state index contributed by atoms with van der Waals surface area (Å²) in [5, 5.41) is 0. The summed E-state index contributed by atoms with van der Waals surface area (Å²) >= 11 is 0. The summed E-state index contributed by atoms with van der Waals surface area (Å²) in [5.74, 6) is -5.75. The first-order valence-corrected chi connectivity index (χ1v) is 7.34. The summed E-state index contributed by atoms with van der Waals surface area (Å²) in [6.07, 6.45) is 1.99. The minimum atomic E-state index is -1.32. The highest BCUT2D eigenvalue weighted by Gasteiger charge is 2.21. The van der Waals surface area contributed by atoms with Crippen LogP contribution in [0.5, 0.6) is 11.5 Å². The molecule has 128 valence electrons. The molecule has 2 aromatic carbocycles. The molecule has 0 saturated heterocycles. The lowest BCUT2D eigenvalue weighted by atomic mass is 10.0. The molecule has 0 aliphatic rings. The summed E-state index contributed by atoms with van der Waals surface area (Å²) in [5.41, 5.74) is -0.806. The second kappa shape index (κ2) is 7.86. The molecule has 0 bridgehead atoms. The molecule has 2 nitrogen and oxygen atoms in total. The van der Waals surface area contributed by atoms with Crippen LogP contribution in [-0.4, -0.2) is 13.2 Å². The predicted octanol–water partition coefficient (Wildman–Crippen LogP) is 5.26. The average molecular weight is 340 g/mol. The van der Waals surface area contributed by atoms with E-state index in [1.165, 1.54) is 12.1 Å². The Morgan fingerprint density at radius 1 is 0.833 bits per heavy atom. The molecular formula is C18H16F4O2. The van der Waals surface area contributed by atoms with E-state index in [2.05, 4.69) is 6.58 Å². The Balaban J connectivity index is 2.43. The molecule has 6 heteroatoms. The lowest BCUT2D eigenvalue weighted by Crippen LogP contribution is -2.02. The van der Waals surface area contributed by atoms with Crippen LogP contribution >= 0.6 is 0 Å². The van der Waals surface area contributed by atoms with Gasteiger partial charge in [-0.3, -0.25) is 0 Å². The molecule has 2 aromatic rings. The predicted molar refractivity (Wildman–Crippen MR) is 83.2 cm³/mol. The Labute approximate surface area is 137 Å². The highest BCUT2D eigenvalue weighted by molar-refractivity contribution is 5.67. The molecule has 0 aliphatic heterocycles. The molecule has 0 spiro atoms. The summed E-state index contributed by atoms with van der Waals surface area (Å²) in [6, 6.07) is 4.60. The maximum Gasteiger partial charge on any atom is 0.201 e. The number of hydrogen-bond donors (Lipinski definition) is 0. The second-order valence-corrected chi connectivity index (χ2v) is 4.93. The van der Waals surface area contributed by atoms with Crippen molar-refractivity contribution in [1.29, 1.82) is 0 Å². The molecule has 0 radical (unpaired) electrons. The molecule has 24 heavy (non-hydrogen) atoms. The third-order valence-electron chi connectivity index (χ3n) is 3.20. The molecule has 0 saturated carbocycles. The molecule has 0 aromatic heterocycles. The fraction of sp³-hybridized carbons (Fsp3) is 0.222. The van der Waals surface area contributed by atoms with E-state index in [0.717, 1.165) is 18.2 Å². The van der Waals surface area contributed by atoms with Crippen molar-refractivity contribution >= 4 is 0 Å². The van der Waals surface area contributed by atoms with Crippen LogP contribution in [0.3, 0.4) is 0 Å². The lowest BCUT2D eigenvalue weighted by molar-refractivity contribution is 0.295.